The maximum Gasteiger partial charge on any atom is 0.262 e. The highest BCUT2D eigenvalue weighted by Crippen LogP contribution is 2.20. The summed E-state index contributed by atoms with van der Waals surface area (Å²) in [5.41, 5.74) is 0.617. The van der Waals surface area contributed by atoms with Crippen molar-refractivity contribution in [1.82, 2.24) is 14.9 Å². The first kappa shape index (κ1) is 20.5. The predicted octanol–water partition coefficient (Wildman–Crippen LogP) is 4.15. The van der Waals surface area contributed by atoms with Crippen molar-refractivity contribution >= 4 is 28.6 Å². The van der Waals surface area contributed by atoms with Gasteiger partial charge in [0.05, 0.1) is 16.7 Å². The van der Waals surface area contributed by atoms with Crippen LogP contribution in [0, 0.1) is 0 Å². The lowest BCUT2D eigenvalue weighted by molar-refractivity contribution is -0.119. The average Bonchev–Trinajstić information content (AvgIpc) is 2.60. The van der Waals surface area contributed by atoms with Gasteiger partial charge in [-0.25, -0.2) is 4.98 Å². The number of aromatic nitrogens is 2. The molecule has 0 aliphatic rings. The van der Waals surface area contributed by atoms with Crippen LogP contribution in [0.4, 0.5) is 0 Å². The van der Waals surface area contributed by atoms with Crippen LogP contribution in [-0.2, 0) is 4.79 Å². The Labute approximate surface area is 159 Å². The first-order valence-electron chi connectivity index (χ1n) is 9.37. The second kappa shape index (κ2) is 9.76. The van der Waals surface area contributed by atoms with Gasteiger partial charge in [-0.3, -0.25) is 14.2 Å². The molecule has 1 aromatic carbocycles. The van der Waals surface area contributed by atoms with Crippen molar-refractivity contribution in [3.8, 4) is 0 Å². The molecule has 142 valence electrons. The van der Waals surface area contributed by atoms with E-state index in [0.717, 1.165) is 12.8 Å². The van der Waals surface area contributed by atoms with E-state index in [-0.39, 0.29) is 29.3 Å². The molecular formula is C20H29N3O2S. The van der Waals surface area contributed by atoms with Gasteiger partial charge in [0.15, 0.2) is 5.16 Å². The number of fused-ring (bicyclic) bond motifs is 1. The van der Waals surface area contributed by atoms with E-state index in [9.17, 15) is 9.59 Å². The number of nitrogens with one attached hydrogen (secondary N) is 1. The molecule has 1 amide bonds. The highest BCUT2D eigenvalue weighted by atomic mass is 32.2. The number of nitrogens with zero attached hydrogens (tertiary/aromatic N) is 2. The minimum absolute atomic E-state index is 0.0156. The fraction of sp³-hybridized carbons (Fsp3) is 0.550. The lowest BCUT2D eigenvalue weighted by Crippen LogP contribution is -2.34. The molecule has 2 rings (SSSR count). The van der Waals surface area contributed by atoms with Crippen molar-refractivity contribution in [2.75, 3.05) is 5.75 Å². The summed E-state index contributed by atoms with van der Waals surface area (Å²) in [5.74, 6) is 0.243. The van der Waals surface area contributed by atoms with Crippen LogP contribution in [-0.4, -0.2) is 27.3 Å². The fourth-order valence-electron chi connectivity index (χ4n) is 2.90. The molecule has 1 heterocycles. The van der Waals surface area contributed by atoms with Crippen LogP contribution >= 0.6 is 11.8 Å². The molecule has 0 fully saturated rings. The standard InChI is InChI=1S/C20H29N3O2S/c1-5-6-7-10-15(4)21-18(24)13-26-20-22-17-12-9-8-11-16(17)19(25)23(20)14(2)3/h8-9,11-12,14-15H,5-7,10,13H2,1-4H3,(H,21,24)/t15-/m1/s1. The maximum absolute atomic E-state index is 12.8. The first-order chi connectivity index (χ1) is 12.4. The molecule has 0 spiro atoms. The average molecular weight is 376 g/mol. The predicted molar refractivity (Wildman–Crippen MR) is 109 cm³/mol. The summed E-state index contributed by atoms with van der Waals surface area (Å²) in [7, 11) is 0. The van der Waals surface area contributed by atoms with E-state index >= 15 is 0 Å². The minimum Gasteiger partial charge on any atom is -0.353 e. The van der Waals surface area contributed by atoms with E-state index in [1.807, 2.05) is 39.0 Å². The quantitative estimate of drug-likeness (QED) is 0.406. The third kappa shape index (κ3) is 5.34. The number of hydrogen-bond acceptors (Lipinski definition) is 4. The van der Waals surface area contributed by atoms with E-state index in [2.05, 4.69) is 17.2 Å². The number of para-hydroxylation sites is 1. The summed E-state index contributed by atoms with van der Waals surface area (Å²) in [6.45, 7) is 8.12. The number of hydrogen-bond donors (Lipinski definition) is 1. The van der Waals surface area contributed by atoms with Gasteiger partial charge in [0.2, 0.25) is 5.91 Å². The molecule has 0 aliphatic heterocycles. The fourth-order valence-corrected chi connectivity index (χ4v) is 3.84. The van der Waals surface area contributed by atoms with Gasteiger partial charge in [-0.05, 0) is 39.3 Å². The summed E-state index contributed by atoms with van der Waals surface area (Å²) < 4.78 is 1.67. The first-order valence-corrected chi connectivity index (χ1v) is 10.4. The second-order valence-electron chi connectivity index (χ2n) is 6.93. The molecule has 2 aromatic rings. The van der Waals surface area contributed by atoms with Crippen molar-refractivity contribution in [1.29, 1.82) is 0 Å². The molecule has 1 N–H and O–H groups in total. The van der Waals surface area contributed by atoms with Gasteiger partial charge in [0, 0.05) is 12.1 Å². The lowest BCUT2D eigenvalue weighted by atomic mass is 10.1. The van der Waals surface area contributed by atoms with Crippen molar-refractivity contribution < 1.29 is 4.79 Å². The van der Waals surface area contributed by atoms with E-state index in [4.69, 9.17) is 0 Å². The van der Waals surface area contributed by atoms with Crippen molar-refractivity contribution in [3.63, 3.8) is 0 Å². The third-order valence-corrected chi connectivity index (χ3v) is 5.22. The number of benzene rings is 1. The van der Waals surface area contributed by atoms with Crippen molar-refractivity contribution in [2.45, 2.75) is 70.6 Å². The molecular weight excluding hydrogens is 346 g/mol. The monoisotopic (exact) mass is 375 g/mol. The zero-order chi connectivity index (χ0) is 19.1. The Hall–Kier alpha value is -1.82. The van der Waals surface area contributed by atoms with Crippen LogP contribution < -0.4 is 10.9 Å². The molecule has 1 aromatic heterocycles. The molecule has 5 nitrogen and oxygen atoms in total. The Morgan fingerprint density at radius 1 is 1.23 bits per heavy atom. The van der Waals surface area contributed by atoms with Gasteiger partial charge in [-0.2, -0.15) is 0 Å². The lowest BCUT2D eigenvalue weighted by Gasteiger charge is -2.17. The summed E-state index contributed by atoms with van der Waals surface area (Å²) in [4.78, 5) is 29.6. The number of unbranched alkanes of at least 4 members (excludes halogenated alkanes) is 2. The van der Waals surface area contributed by atoms with Crippen LogP contribution in [0.1, 0.15) is 59.4 Å². The minimum atomic E-state index is -0.0542. The smallest absolute Gasteiger partial charge is 0.262 e. The maximum atomic E-state index is 12.8. The topological polar surface area (TPSA) is 64.0 Å². The highest BCUT2D eigenvalue weighted by molar-refractivity contribution is 7.99. The number of carbonyl (C=O) groups is 1. The van der Waals surface area contributed by atoms with Gasteiger partial charge in [0.25, 0.3) is 5.56 Å². The van der Waals surface area contributed by atoms with Crippen molar-refractivity contribution in [3.05, 3.63) is 34.6 Å². The molecule has 0 saturated heterocycles. The molecule has 0 saturated carbocycles. The Kier molecular flexibility index (Phi) is 7.69. The SMILES string of the molecule is CCCCC[C@@H](C)NC(=O)CSc1nc2ccccc2c(=O)n1C(C)C. The van der Waals surface area contributed by atoms with Crippen LogP contribution in [0.3, 0.4) is 0 Å². The molecule has 6 heteroatoms. The largest absolute Gasteiger partial charge is 0.353 e. The third-order valence-electron chi connectivity index (χ3n) is 4.27. The Balaban J connectivity index is 2.09. The normalized spacial score (nSPS) is 12.5. The van der Waals surface area contributed by atoms with Gasteiger partial charge >= 0.3 is 0 Å². The Morgan fingerprint density at radius 2 is 1.96 bits per heavy atom. The number of amides is 1. The second-order valence-corrected chi connectivity index (χ2v) is 7.88. The Morgan fingerprint density at radius 3 is 2.65 bits per heavy atom. The zero-order valence-electron chi connectivity index (χ0n) is 16.1. The molecule has 1 atom stereocenters. The van der Waals surface area contributed by atoms with Gasteiger partial charge in [-0.15, -0.1) is 0 Å². The molecule has 0 radical (unpaired) electrons. The van der Waals surface area contributed by atoms with E-state index < -0.39 is 0 Å². The van der Waals surface area contributed by atoms with Crippen LogP contribution in [0.5, 0.6) is 0 Å². The summed E-state index contributed by atoms with van der Waals surface area (Å²) in [6.07, 6.45) is 4.49. The van der Waals surface area contributed by atoms with Gasteiger partial charge in [-0.1, -0.05) is 50.1 Å². The van der Waals surface area contributed by atoms with Crippen molar-refractivity contribution in [2.24, 2.45) is 0 Å². The number of carbonyl (C=O) groups excluding carboxylic acids is 1. The Bertz CT molecular complexity index is 801. The summed E-state index contributed by atoms with van der Waals surface area (Å²) in [6, 6.07) is 7.50. The molecule has 0 aliphatic carbocycles. The van der Waals surface area contributed by atoms with E-state index in [1.54, 1.807) is 10.6 Å². The zero-order valence-corrected chi connectivity index (χ0v) is 16.9. The van der Waals surface area contributed by atoms with Crippen LogP contribution in [0.2, 0.25) is 0 Å². The van der Waals surface area contributed by atoms with Gasteiger partial charge in [0.1, 0.15) is 0 Å². The molecule has 26 heavy (non-hydrogen) atoms. The van der Waals surface area contributed by atoms with Crippen LogP contribution in [0.25, 0.3) is 10.9 Å². The number of thioether (sulfide) groups is 1. The molecule has 0 bridgehead atoms. The molecule has 0 unspecified atom stereocenters. The summed E-state index contributed by atoms with van der Waals surface area (Å²) in [5, 5.41) is 4.24. The highest BCUT2D eigenvalue weighted by Gasteiger charge is 2.15. The van der Waals surface area contributed by atoms with E-state index in [1.165, 1.54) is 24.6 Å². The summed E-state index contributed by atoms with van der Waals surface area (Å²) >= 11 is 1.32. The number of rotatable bonds is 9. The van der Waals surface area contributed by atoms with E-state index in [0.29, 0.717) is 16.1 Å². The van der Waals surface area contributed by atoms with Crippen LogP contribution in [0.15, 0.2) is 34.2 Å². The van der Waals surface area contributed by atoms with Gasteiger partial charge < -0.3 is 5.32 Å².